The van der Waals surface area contributed by atoms with Crippen LogP contribution >= 0.6 is 0 Å². The van der Waals surface area contributed by atoms with Gasteiger partial charge in [-0.3, -0.25) is 0 Å². The Balaban J connectivity index is 1.72. The molecule has 1 saturated heterocycles. The number of nitrogens with one attached hydrogen (secondary N) is 1. The van der Waals surface area contributed by atoms with Crippen molar-refractivity contribution in [1.82, 2.24) is 5.32 Å². The first-order chi connectivity index (χ1) is 6.20. The molecule has 1 heterocycles. The van der Waals surface area contributed by atoms with Gasteiger partial charge < -0.3 is 10.1 Å². The van der Waals surface area contributed by atoms with E-state index in [2.05, 4.69) is 19.2 Å². The molecule has 2 rings (SSSR count). The molecule has 0 spiro atoms. The smallest absolute Gasteiger partial charge is 0.0700 e. The van der Waals surface area contributed by atoms with Gasteiger partial charge in [-0.2, -0.15) is 0 Å². The Kier molecular flexibility index (Phi) is 2.61. The van der Waals surface area contributed by atoms with Gasteiger partial charge >= 0.3 is 0 Å². The molecule has 1 aliphatic heterocycles. The molecule has 76 valence electrons. The molecule has 0 bridgehead atoms. The Morgan fingerprint density at radius 1 is 1.46 bits per heavy atom. The van der Waals surface area contributed by atoms with Crippen LogP contribution in [0.2, 0.25) is 0 Å². The lowest BCUT2D eigenvalue weighted by atomic mass is 9.70. The van der Waals surface area contributed by atoms with Crippen LogP contribution in [-0.4, -0.2) is 25.3 Å². The molecule has 0 aromatic carbocycles. The van der Waals surface area contributed by atoms with Crippen molar-refractivity contribution in [3.63, 3.8) is 0 Å². The van der Waals surface area contributed by atoms with Gasteiger partial charge in [0.2, 0.25) is 0 Å². The van der Waals surface area contributed by atoms with Gasteiger partial charge in [0.15, 0.2) is 0 Å². The summed E-state index contributed by atoms with van der Waals surface area (Å²) in [6.45, 7) is 6.69. The van der Waals surface area contributed by atoms with Crippen LogP contribution in [0.3, 0.4) is 0 Å². The molecule has 2 unspecified atom stereocenters. The molecule has 2 heteroatoms. The Morgan fingerprint density at radius 3 is 2.69 bits per heavy atom. The van der Waals surface area contributed by atoms with Crippen LogP contribution < -0.4 is 5.32 Å². The Labute approximate surface area is 81.0 Å². The largest absolute Gasteiger partial charge is 0.377 e. The molecular weight excluding hydrogens is 162 g/mol. The molecule has 1 saturated carbocycles. The molecule has 2 fully saturated rings. The van der Waals surface area contributed by atoms with E-state index < -0.39 is 0 Å². The lowest BCUT2D eigenvalue weighted by Gasteiger charge is -2.39. The Hall–Kier alpha value is -0.0800. The van der Waals surface area contributed by atoms with Gasteiger partial charge in [-0.05, 0) is 31.6 Å². The van der Waals surface area contributed by atoms with Gasteiger partial charge in [-0.25, -0.2) is 0 Å². The van der Waals surface area contributed by atoms with E-state index in [4.69, 9.17) is 4.74 Å². The zero-order valence-electron chi connectivity index (χ0n) is 8.81. The molecule has 2 atom stereocenters. The quantitative estimate of drug-likeness (QED) is 0.722. The zero-order chi connectivity index (χ0) is 9.31. The van der Waals surface area contributed by atoms with Crippen molar-refractivity contribution in [2.75, 3.05) is 13.2 Å². The molecule has 0 aromatic rings. The fourth-order valence-corrected chi connectivity index (χ4v) is 2.33. The average Bonchev–Trinajstić information content (AvgIpc) is 2.44. The number of ether oxygens (including phenoxy) is 1. The van der Waals surface area contributed by atoms with Crippen molar-refractivity contribution in [3.05, 3.63) is 0 Å². The predicted octanol–water partition coefficient (Wildman–Crippen LogP) is 1.94. The molecular formula is C11H21NO. The standard InChI is InChI=1S/C11H21NO/c1-9-10(4-7-13-9)12-8-11(2)5-3-6-11/h9-10,12H,3-8H2,1-2H3. The first-order valence-corrected chi connectivity index (χ1v) is 5.55. The second-order valence-electron chi connectivity index (χ2n) is 5.02. The molecule has 2 nitrogen and oxygen atoms in total. The Morgan fingerprint density at radius 2 is 2.23 bits per heavy atom. The van der Waals surface area contributed by atoms with Gasteiger partial charge in [0, 0.05) is 19.2 Å². The van der Waals surface area contributed by atoms with Crippen LogP contribution in [0.4, 0.5) is 0 Å². The highest BCUT2D eigenvalue weighted by Crippen LogP contribution is 2.39. The van der Waals surface area contributed by atoms with Crippen molar-refractivity contribution in [2.45, 2.75) is 51.7 Å². The van der Waals surface area contributed by atoms with Crippen LogP contribution in [0.15, 0.2) is 0 Å². The van der Waals surface area contributed by atoms with E-state index in [1.165, 1.54) is 32.2 Å². The van der Waals surface area contributed by atoms with Crippen LogP contribution in [-0.2, 0) is 4.74 Å². The minimum atomic E-state index is 0.420. The van der Waals surface area contributed by atoms with Crippen LogP contribution in [0.25, 0.3) is 0 Å². The van der Waals surface area contributed by atoms with E-state index in [1.54, 1.807) is 0 Å². The summed E-state index contributed by atoms with van der Waals surface area (Å²) >= 11 is 0. The van der Waals surface area contributed by atoms with Gasteiger partial charge in [-0.15, -0.1) is 0 Å². The van der Waals surface area contributed by atoms with Gasteiger partial charge in [0.1, 0.15) is 0 Å². The van der Waals surface area contributed by atoms with Crippen molar-refractivity contribution >= 4 is 0 Å². The summed E-state index contributed by atoms with van der Waals surface area (Å²) in [7, 11) is 0. The SMILES string of the molecule is CC1OCCC1NCC1(C)CCC1. The van der Waals surface area contributed by atoms with E-state index >= 15 is 0 Å². The van der Waals surface area contributed by atoms with Crippen molar-refractivity contribution in [2.24, 2.45) is 5.41 Å². The van der Waals surface area contributed by atoms with Crippen molar-refractivity contribution < 1.29 is 4.74 Å². The highest BCUT2D eigenvalue weighted by molar-refractivity contribution is 4.88. The maximum atomic E-state index is 5.52. The molecule has 13 heavy (non-hydrogen) atoms. The molecule has 0 amide bonds. The highest BCUT2D eigenvalue weighted by Gasteiger charge is 2.33. The number of hydrogen-bond donors (Lipinski definition) is 1. The second-order valence-corrected chi connectivity index (χ2v) is 5.02. The van der Waals surface area contributed by atoms with Gasteiger partial charge in [0.05, 0.1) is 6.10 Å². The van der Waals surface area contributed by atoms with E-state index in [1.807, 2.05) is 0 Å². The third-order valence-corrected chi connectivity index (χ3v) is 3.73. The monoisotopic (exact) mass is 183 g/mol. The summed E-state index contributed by atoms with van der Waals surface area (Å²) in [4.78, 5) is 0. The summed E-state index contributed by atoms with van der Waals surface area (Å²) < 4.78 is 5.52. The van der Waals surface area contributed by atoms with Crippen molar-refractivity contribution in [1.29, 1.82) is 0 Å². The van der Waals surface area contributed by atoms with Crippen molar-refractivity contribution in [3.8, 4) is 0 Å². The minimum Gasteiger partial charge on any atom is -0.377 e. The molecule has 1 N–H and O–H groups in total. The maximum Gasteiger partial charge on any atom is 0.0700 e. The van der Waals surface area contributed by atoms with E-state index in [0.29, 0.717) is 17.6 Å². The van der Waals surface area contributed by atoms with E-state index in [9.17, 15) is 0 Å². The minimum absolute atomic E-state index is 0.420. The topological polar surface area (TPSA) is 21.3 Å². The summed E-state index contributed by atoms with van der Waals surface area (Å²) in [5.41, 5.74) is 0.600. The average molecular weight is 183 g/mol. The molecule has 2 aliphatic rings. The second kappa shape index (κ2) is 3.58. The number of rotatable bonds is 3. The van der Waals surface area contributed by atoms with Crippen LogP contribution in [0, 0.1) is 5.41 Å². The fraction of sp³-hybridized carbons (Fsp3) is 1.00. The fourth-order valence-electron chi connectivity index (χ4n) is 2.33. The van der Waals surface area contributed by atoms with Crippen LogP contribution in [0.5, 0.6) is 0 Å². The first kappa shape index (κ1) is 9.47. The zero-order valence-corrected chi connectivity index (χ0v) is 8.81. The number of hydrogen-bond acceptors (Lipinski definition) is 2. The third kappa shape index (κ3) is 2.05. The molecule has 0 aromatic heterocycles. The third-order valence-electron chi connectivity index (χ3n) is 3.73. The predicted molar refractivity (Wildman–Crippen MR) is 53.8 cm³/mol. The van der Waals surface area contributed by atoms with Crippen LogP contribution in [0.1, 0.15) is 39.5 Å². The summed E-state index contributed by atoms with van der Waals surface area (Å²) in [6, 6.07) is 0.609. The first-order valence-electron chi connectivity index (χ1n) is 5.55. The summed E-state index contributed by atoms with van der Waals surface area (Å²) in [6.07, 6.45) is 5.85. The maximum absolute atomic E-state index is 5.52. The Bertz CT molecular complexity index is 177. The highest BCUT2D eigenvalue weighted by atomic mass is 16.5. The van der Waals surface area contributed by atoms with Gasteiger partial charge in [-0.1, -0.05) is 13.3 Å². The summed E-state index contributed by atoms with van der Waals surface area (Å²) in [5, 5.41) is 3.65. The van der Waals surface area contributed by atoms with E-state index in [0.717, 1.165) is 6.61 Å². The van der Waals surface area contributed by atoms with Gasteiger partial charge in [0.25, 0.3) is 0 Å². The molecule has 0 radical (unpaired) electrons. The normalized spacial score (nSPS) is 37.4. The van der Waals surface area contributed by atoms with E-state index in [-0.39, 0.29) is 0 Å². The lowest BCUT2D eigenvalue weighted by Crippen LogP contribution is -2.44. The molecule has 1 aliphatic carbocycles. The lowest BCUT2D eigenvalue weighted by molar-refractivity contribution is 0.102. The summed E-state index contributed by atoms with van der Waals surface area (Å²) in [5.74, 6) is 0.